The minimum absolute atomic E-state index is 0.0922. The normalized spacial score (nSPS) is 10.9. The van der Waals surface area contributed by atoms with Crippen molar-refractivity contribution in [2.45, 2.75) is 20.3 Å². The Kier molecular flexibility index (Phi) is 4.89. The number of benzene rings is 2. The van der Waals surface area contributed by atoms with Gasteiger partial charge in [-0.15, -0.1) is 0 Å². The molecule has 5 heteroatoms. The van der Waals surface area contributed by atoms with Gasteiger partial charge in [-0.25, -0.2) is 4.68 Å². The lowest BCUT2D eigenvalue weighted by molar-refractivity contribution is 0.0953. The summed E-state index contributed by atoms with van der Waals surface area (Å²) < 4.78 is 1.82. The molecule has 0 spiro atoms. The molecule has 0 fully saturated rings. The minimum atomic E-state index is -0.0922. The molecule has 0 atom stereocenters. The van der Waals surface area contributed by atoms with Gasteiger partial charge in [-0.2, -0.15) is 5.10 Å². The Hall–Kier alpha value is -3.47. The van der Waals surface area contributed by atoms with Crippen LogP contribution in [0.25, 0.3) is 16.6 Å². The molecule has 0 radical (unpaired) electrons. The lowest BCUT2D eigenvalue weighted by Gasteiger charge is -2.08. The van der Waals surface area contributed by atoms with Crippen LogP contribution in [0.1, 0.15) is 27.3 Å². The SMILES string of the molecule is Cc1nn(-c2ccccc2)c(C)c1C(=O)NCCc1cccc2cccnc12. The third kappa shape index (κ3) is 3.39. The van der Waals surface area contributed by atoms with Crippen molar-refractivity contribution in [3.63, 3.8) is 0 Å². The van der Waals surface area contributed by atoms with Gasteiger partial charge < -0.3 is 5.32 Å². The zero-order valence-electron chi connectivity index (χ0n) is 16.0. The van der Waals surface area contributed by atoms with Gasteiger partial charge in [0.2, 0.25) is 0 Å². The quantitative estimate of drug-likeness (QED) is 0.577. The zero-order chi connectivity index (χ0) is 19.5. The molecule has 28 heavy (non-hydrogen) atoms. The van der Waals surface area contributed by atoms with E-state index in [9.17, 15) is 4.79 Å². The summed E-state index contributed by atoms with van der Waals surface area (Å²) in [6, 6.07) is 20.0. The molecule has 0 saturated carbocycles. The second-order valence-electron chi connectivity index (χ2n) is 6.79. The smallest absolute Gasteiger partial charge is 0.255 e. The zero-order valence-corrected chi connectivity index (χ0v) is 16.0. The highest BCUT2D eigenvalue weighted by atomic mass is 16.1. The molecule has 140 valence electrons. The molecule has 0 unspecified atom stereocenters. The number of pyridine rings is 1. The maximum Gasteiger partial charge on any atom is 0.255 e. The summed E-state index contributed by atoms with van der Waals surface area (Å²) in [5.74, 6) is -0.0922. The highest BCUT2D eigenvalue weighted by Gasteiger charge is 2.19. The summed E-state index contributed by atoms with van der Waals surface area (Å²) in [5.41, 5.74) is 5.28. The van der Waals surface area contributed by atoms with Gasteiger partial charge in [-0.1, -0.05) is 42.5 Å². The van der Waals surface area contributed by atoms with Crippen LogP contribution in [0.2, 0.25) is 0 Å². The molecule has 1 amide bonds. The average molecular weight is 370 g/mol. The number of aryl methyl sites for hydroxylation is 1. The van der Waals surface area contributed by atoms with E-state index in [2.05, 4.69) is 33.6 Å². The number of aromatic nitrogens is 3. The molecule has 2 aromatic heterocycles. The number of carbonyl (C=O) groups excluding carboxylic acids is 1. The van der Waals surface area contributed by atoms with Crippen molar-refractivity contribution in [3.8, 4) is 5.69 Å². The molecule has 2 heterocycles. The van der Waals surface area contributed by atoms with Gasteiger partial charge in [-0.3, -0.25) is 9.78 Å². The van der Waals surface area contributed by atoms with Crippen molar-refractivity contribution >= 4 is 16.8 Å². The molecule has 2 aromatic carbocycles. The van der Waals surface area contributed by atoms with Crippen molar-refractivity contribution in [2.24, 2.45) is 0 Å². The van der Waals surface area contributed by atoms with Crippen LogP contribution < -0.4 is 5.32 Å². The summed E-state index contributed by atoms with van der Waals surface area (Å²) in [7, 11) is 0. The van der Waals surface area contributed by atoms with Crippen LogP contribution in [-0.4, -0.2) is 27.2 Å². The standard InChI is InChI=1S/C23H22N4O/c1-16-21(17(2)27(26-16)20-11-4-3-5-12-20)23(28)25-15-13-19-9-6-8-18-10-7-14-24-22(18)19/h3-12,14H,13,15H2,1-2H3,(H,25,28). The second kappa shape index (κ2) is 7.64. The Labute approximate surface area is 164 Å². The number of hydrogen-bond donors (Lipinski definition) is 1. The molecule has 0 aliphatic heterocycles. The van der Waals surface area contributed by atoms with Crippen molar-refractivity contribution in [1.29, 1.82) is 0 Å². The first-order valence-corrected chi connectivity index (χ1v) is 9.37. The molecular formula is C23H22N4O. The number of nitrogens with zero attached hydrogens (tertiary/aromatic N) is 3. The summed E-state index contributed by atoms with van der Waals surface area (Å²) in [4.78, 5) is 17.3. The van der Waals surface area contributed by atoms with E-state index < -0.39 is 0 Å². The van der Waals surface area contributed by atoms with Crippen LogP contribution in [0.15, 0.2) is 66.9 Å². The predicted octanol–water partition coefficient (Wildman–Crippen LogP) is 4.01. The fraction of sp³-hybridized carbons (Fsp3) is 0.174. The van der Waals surface area contributed by atoms with Crippen molar-refractivity contribution < 1.29 is 4.79 Å². The first-order chi connectivity index (χ1) is 13.6. The lowest BCUT2D eigenvalue weighted by atomic mass is 10.1. The molecule has 4 rings (SSSR count). The van der Waals surface area contributed by atoms with Crippen LogP contribution >= 0.6 is 0 Å². The van der Waals surface area contributed by atoms with Crippen LogP contribution in [0.5, 0.6) is 0 Å². The maximum atomic E-state index is 12.8. The first-order valence-electron chi connectivity index (χ1n) is 9.37. The first kappa shape index (κ1) is 17.9. The van der Waals surface area contributed by atoms with Crippen molar-refractivity contribution in [3.05, 3.63) is 89.4 Å². The van der Waals surface area contributed by atoms with E-state index in [1.165, 1.54) is 0 Å². The highest BCUT2D eigenvalue weighted by Crippen LogP contribution is 2.18. The predicted molar refractivity (Wildman–Crippen MR) is 111 cm³/mol. The molecule has 0 aliphatic rings. The largest absolute Gasteiger partial charge is 0.352 e. The van der Waals surface area contributed by atoms with E-state index >= 15 is 0 Å². The number of carbonyl (C=O) groups is 1. The fourth-order valence-corrected chi connectivity index (χ4v) is 3.56. The topological polar surface area (TPSA) is 59.8 Å². The summed E-state index contributed by atoms with van der Waals surface area (Å²) in [6.07, 6.45) is 2.53. The van der Waals surface area contributed by atoms with Gasteiger partial charge in [0.25, 0.3) is 5.91 Å². The van der Waals surface area contributed by atoms with E-state index in [1.54, 1.807) is 6.20 Å². The van der Waals surface area contributed by atoms with Crippen LogP contribution in [0.3, 0.4) is 0 Å². The summed E-state index contributed by atoms with van der Waals surface area (Å²) in [6.45, 7) is 4.34. The van der Waals surface area contributed by atoms with E-state index in [1.807, 2.05) is 61.0 Å². The lowest BCUT2D eigenvalue weighted by Crippen LogP contribution is -2.26. The van der Waals surface area contributed by atoms with E-state index in [0.717, 1.165) is 40.0 Å². The van der Waals surface area contributed by atoms with Gasteiger partial charge in [0.15, 0.2) is 0 Å². The van der Waals surface area contributed by atoms with Gasteiger partial charge in [0.05, 0.1) is 28.2 Å². The number of para-hydroxylation sites is 2. The maximum absolute atomic E-state index is 12.8. The van der Waals surface area contributed by atoms with Crippen LogP contribution in [0.4, 0.5) is 0 Å². The monoisotopic (exact) mass is 370 g/mol. The van der Waals surface area contributed by atoms with Gasteiger partial charge in [0.1, 0.15) is 0 Å². The van der Waals surface area contributed by atoms with Crippen LogP contribution in [0, 0.1) is 13.8 Å². The van der Waals surface area contributed by atoms with Gasteiger partial charge in [-0.05, 0) is 44.0 Å². The molecule has 1 N–H and O–H groups in total. The number of rotatable bonds is 5. The molecule has 0 bridgehead atoms. The van der Waals surface area contributed by atoms with Gasteiger partial charge in [0, 0.05) is 18.1 Å². The van der Waals surface area contributed by atoms with Gasteiger partial charge >= 0.3 is 0 Å². The number of hydrogen-bond acceptors (Lipinski definition) is 3. The molecule has 0 saturated heterocycles. The molecule has 0 aliphatic carbocycles. The summed E-state index contributed by atoms with van der Waals surface area (Å²) in [5, 5.41) is 8.71. The van der Waals surface area contributed by atoms with E-state index in [-0.39, 0.29) is 5.91 Å². The Morgan fingerprint density at radius 2 is 1.79 bits per heavy atom. The second-order valence-corrected chi connectivity index (χ2v) is 6.79. The fourth-order valence-electron chi connectivity index (χ4n) is 3.56. The van der Waals surface area contributed by atoms with E-state index in [0.29, 0.717) is 12.1 Å². The van der Waals surface area contributed by atoms with Crippen molar-refractivity contribution in [2.75, 3.05) is 6.54 Å². The Balaban J connectivity index is 1.49. The Bertz CT molecular complexity index is 1130. The highest BCUT2D eigenvalue weighted by molar-refractivity contribution is 5.96. The third-order valence-electron chi connectivity index (χ3n) is 4.92. The van der Waals surface area contributed by atoms with E-state index in [4.69, 9.17) is 0 Å². The molecule has 4 aromatic rings. The number of amides is 1. The van der Waals surface area contributed by atoms with Crippen molar-refractivity contribution in [1.82, 2.24) is 20.1 Å². The van der Waals surface area contributed by atoms with Crippen LogP contribution in [-0.2, 0) is 6.42 Å². The number of nitrogens with one attached hydrogen (secondary N) is 1. The minimum Gasteiger partial charge on any atom is -0.352 e. The average Bonchev–Trinajstić information content (AvgIpc) is 3.03. The Morgan fingerprint density at radius 1 is 1.00 bits per heavy atom. The third-order valence-corrected chi connectivity index (χ3v) is 4.92. The number of fused-ring (bicyclic) bond motifs is 1. The molecular weight excluding hydrogens is 348 g/mol. The molecule has 5 nitrogen and oxygen atoms in total. The Morgan fingerprint density at radius 3 is 2.61 bits per heavy atom. The summed E-state index contributed by atoms with van der Waals surface area (Å²) >= 11 is 0.